The summed E-state index contributed by atoms with van der Waals surface area (Å²) in [7, 11) is -1.39. The van der Waals surface area contributed by atoms with Crippen molar-refractivity contribution >= 4 is 21.4 Å². The highest BCUT2D eigenvalue weighted by Crippen LogP contribution is 2.27. The van der Waals surface area contributed by atoms with E-state index in [9.17, 15) is 8.42 Å². The van der Waals surface area contributed by atoms with E-state index in [1.54, 1.807) is 16.4 Å². The second kappa shape index (κ2) is 6.53. The first-order valence-corrected chi connectivity index (χ1v) is 9.10. The zero-order valence-electron chi connectivity index (χ0n) is 11.9. The molecule has 0 spiro atoms. The third-order valence-electron chi connectivity index (χ3n) is 3.54. The molecule has 114 valence electrons. The first kappa shape index (κ1) is 15.9. The van der Waals surface area contributed by atoms with Crippen molar-refractivity contribution in [3.8, 4) is 0 Å². The van der Waals surface area contributed by atoms with Gasteiger partial charge >= 0.3 is 0 Å². The first-order valence-electron chi connectivity index (χ1n) is 6.85. The number of likely N-dealkylation sites (N-methyl/N-ethyl adjacent to an activating group) is 1. The molecule has 0 aliphatic carbocycles. The van der Waals surface area contributed by atoms with Crippen molar-refractivity contribution in [2.75, 3.05) is 33.3 Å². The minimum Gasteiger partial charge on any atom is -0.396 e. The van der Waals surface area contributed by atoms with Crippen LogP contribution in [-0.2, 0) is 16.4 Å². The third-order valence-corrected chi connectivity index (χ3v) is 7.17. The van der Waals surface area contributed by atoms with Crippen LogP contribution in [0.25, 0.3) is 0 Å². The molecule has 1 unspecified atom stereocenters. The fourth-order valence-electron chi connectivity index (χ4n) is 2.56. The molecule has 0 bridgehead atoms. The fourth-order valence-corrected chi connectivity index (χ4v) is 5.70. The topological polar surface area (TPSA) is 60.9 Å². The van der Waals surface area contributed by atoms with Crippen LogP contribution < -0.4 is 0 Å². The molecule has 1 fully saturated rings. The second-order valence-electron chi connectivity index (χ2n) is 5.27. The van der Waals surface area contributed by atoms with Crippen LogP contribution in [0.1, 0.15) is 18.2 Å². The number of aliphatic hydroxyl groups excluding tert-OH is 1. The van der Waals surface area contributed by atoms with E-state index in [-0.39, 0.29) is 12.6 Å². The molecule has 0 saturated carbocycles. The van der Waals surface area contributed by atoms with Crippen LogP contribution in [0.15, 0.2) is 16.3 Å². The van der Waals surface area contributed by atoms with Gasteiger partial charge in [0.1, 0.15) is 4.21 Å². The Morgan fingerprint density at radius 3 is 2.85 bits per heavy atom. The molecule has 2 rings (SSSR count). The number of sulfonamides is 1. The summed E-state index contributed by atoms with van der Waals surface area (Å²) < 4.78 is 27.5. The smallest absolute Gasteiger partial charge is 0.252 e. The zero-order chi connectivity index (χ0) is 14.8. The highest BCUT2D eigenvalue weighted by atomic mass is 32.2. The van der Waals surface area contributed by atoms with Crippen molar-refractivity contribution < 1.29 is 13.5 Å². The summed E-state index contributed by atoms with van der Waals surface area (Å²) in [5.41, 5.74) is 0. The van der Waals surface area contributed by atoms with Gasteiger partial charge in [-0.25, -0.2) is 8.42 Å². The molecule has 0 aromatic carbocycles. The summed E-state index contributed by atoms with van der Waals surface area (Å²) in [6.07, 6.45) is 1.37. The van der Waals surface area contributed by atoms with Gasteiger partial charge in [0.25, 0.3) is 10.0 Å². The van der Waals surface area contributed by atoms with Crippen LogP contribution in [0, 0.1) is 0 Å². The Labute approximate surface area is 124 Å². The molecule has 0 amide bonds. The van der Waals surface area contributed by atoms with Gasteiger partial charge in [0.05, 0.1) is 0 Å². The quantitative estimate of drug-likeness (QED) is 0.900. The average Bonchev–Trinajstić information content (AvgIpc) is 2.76. The monoisotopic (exact) mass is 318 g/mol. The maximum Gasteiger partial charge on any atom is 0.252 e. The Morgan fingerprint density at radius 1 is 1.40 bits per heavy atom. The van der Waals surface area contributed by atoms with E-state index in [4.69, 9.17) is 5.11 Å². The number of aliphatic hydroxyl groups is 1. The highest BCUT2D eigenvalue weighted by molar-refractivity contribution is 7.91. The van der Waals surface area contributed by atoms with E-state index < -0.39 is 10.0 Å². The number of hydrogen-bond donors (Lipinski definition) is 1. The molecular weight excluding hydrogens is 296 g/mol. The highest BCUT2D eigenvalue weighted by Gasteiger charge is 2.32. The average molecular weight is 318 g/mol. The molecule has 1 aromatic heterocycles. The van der Waals surface area contributed by atoms with E-state index in [0.717, 1.165) is 24.4 Å². The Kier molecular flexibility index (Phi) is 5.19. The maximum atomic E-state index is 12.7. The van der Waals surface area contributed by atoms with Gasteiger partial charge in [-0.05, 0) is 39.1 Å². The predicted octanol–water partition coefficient (Wildman–Crippen LogP) is 0.998. The standard InChI is InChI=1S/C13H22N2O3S2/c1-11-10-14(2)7-3-8-15(11)20(17,18)13-5-4-12(19-13)6-9-16/h4-5,11,16H,3,6-10H2,1-2H3. The summed E-state index contributed by atoms with van der Waals surface area (Å²) >= 11 is 1.26. The van der Waals surface area contributed by atoms with Gasteiger partial charge in [0.15, 0.2) is 0 Å². The molecule has 1 atom stereocenters. The molecule has 5 nitrogen and oxygen atoms in total. The van der Waals surface area contributed by atoms with Crippen molar-refractivity contribution in [1.82, 2.24) is 9.21 Å². The molecule has 1 aromatic rings. The molecule has 2 heterocycles. The van der Waals surface area contributed by atoms with E-state index in [2.05, 4.69) is 4.90 Å². The number of rotatable bonds is 4. The van der Waals surface area contributed by atoms with Crippen LogP contribution in [0.5, 0.6) is 0 Å². The number of nitrogens with zero attached hydrogens (tertiary/aromatic N) is 2. The van der Waals surface area contributed by atoms with Gasteiger partial charge in [-0.3, -0.25) is 0 Å². The summed E-state index contributed by atoms with van der Waals surface area (Å²) in [6.45, 7) is 4.26. The Hall–Kier alpha value is -0.470. The van der Waals surface area contributed by atoms with Crippen LogP contribution in [0.2, 0.25) is 0 Å². The Bertz CT molecular complexity index is 542. The van der Waals surface area contributed by atoms with Gasteiger partial charge in [-0.1, -0.05) is 0 Å². The summed E-state index contributed by atoms with van der Waals surface area (Å²) in [5.74, 6) is 0. The molecule has 1 saturated heterocycles. The van der Waals surface area contributed by atoms with Crippen LogP contribution in [0.4, 0.5) is 0 Å². The normalized spacial score (nSPS) is 22.9. The maximum absolute atomic E-state index is 12.7. The molecule has 0 radical (unpaired) electrons. The van der Waals surface area contributed by atoms with E-state index in [1.165, 1.54) is 11.3 Å². The van der Waals surface area contributed by atoms with Crippen molar-refractivity contribution in [2.24, 2.45) is 0 Å². The summed E-state index contributed by atoms with van der Waals surface area (Å²) in [5, 5.41) is 8.93. The van der Waals surface area contributed by atoms with Crippen LogP contribution >= 0.6 is 11.3 Å². The molecular formula is C13H22N2O3S2. The van der Waals surface area contributed by atoms with Crippen molar-refractivity contribution in [2.45, 2.75) is 30.0 Å². The molecule has 1 N–H and O–H groups in total. The van der Waals surface area contributed by atoms with Crippen molar-refractivity contribution in [3.05, 3.63) is 17.0 Å². The van der Waals surface area contributed by atoms with E-state index in [0.29, 0.717) is 17.2 Å². The van der Waals surface area contributed by atoms with Gasteiger partial charge in [-0.2, -0.15) is 4.31 Å². The zero-order valence-corrected chi connectivity index (χ0v) is 13.6. The lowest BCUT2D eigenvalue weighted by Crippen LogP contribution is -2.41. The minimum atomic E-state index is -3.41. The molecule has 20 heavy (non-hydrogen) atoms. The predicted molar refractivity (Wildman–Crippen MR) is 80.6 cm³/mol. The third kappa shape index (κ3) is 3.40. The first-order chi connectivity index (χ1) is 9.45. The van der Waals surface area contributed by atoms with Gasteiger partial charge < -0.3 is 10.0 Å². The van der Waals surface area contributed by atoms with Crippen LogP contribution in [-0.4, -0.2) is 62.1 Å². The summed E-state index contributed by atoms with van der Waals surface area (Å²) in [4.78, 5) is 3.08. The molecule has 1 aliphatic heterocycles. The lowest BCUT2D eigenvalue weighted by Gasteiger charge is -2.26. The van der Waals surface area contributed by atoms with Gasteiger partial charge in [-0.15, -0.1) is 11.3 Å². The lowest BCUT2D eigenvalue weighted by molar-refractivity contribution is 0.291. The van der Waals surface area contributed by atoms with Crippen LogP contribution in [0.3, 0.4) is 0 Å². The van der Waals surface area contributed by atoms with E-state index in [1.807, 2.05) is 14.0 Å². The van der Waals surface area contributed by atoms with E-state index >= 15 is 0 Å². The molecule has 1 aliphatic rings. The lowest BCUT2D eigenvalue weighted by atomic mass is 10.3. The largest absolute Gasteiger partial charge is 0.396 e. The van der Waals surface area contributed by atoms with Gasteiger partial charge in [0.2, 0.25) is 0 Å². The molecule has 7 heteroatoms. The van der Waals surface area contributed by atoms with Gasteiger partial charge in [0, 0.05) is 37.0 Å². The van der Waals surface area contributed by atoms with Crippen molar-refractivity contribution in [3.63, 3.8) is 0 Å². The minimum absolute atomic E-state index is 0.0177. The Balaban J connectivity index is 2.23. The number of thiophene rings is 1. The SMILES string of the molecule is CC1CN(C)CCCN1S(=O)(=O)c1ccc(CCO)s1. The number of hydrogen-bond acceptors (Lipinski definition) is 5. The second-order valence-corrected chi connectivity index (χ2v) is 8.56. The Morgan fingerprint density at radius 2 is 2.15 bits per heavy atom. The fraction of sp³-hybridized carbons (Fsp3) is 0.692. The van der Waals surface area contributed by atoms with Crippen molar-refractivity contribution in [1.29, 1.82) is 0 Å². The summed E-state index contributed by atoms with van der Waals surface area (Å²) in [6, 6.07) is 3.44.